The van der Waals surface area contributed by atoms with Gasteiger partial charge >= 0.3 is 0 Å². The van der Waals surface area contributed by atoms with Crippen molar-refractivity contribution in [3.8, 4) is 0 Å². The molecule has 3 aliphatic rings. The number of hydrogen-bond acceptors (Lipinski definition) is 2. The van der Waals surface area contributed by atoms with Crippen LogP contribution in [0.25, 0.3) is 0 Å². The molecule has 0 spiro atoms. The zero-order valence-electron chi connectivity index (χ0n) is 12.3. The summed E-state index contributed by atoms with van der Waals surface area (Å²) >= 11 is 6.03. The Morgan fingerprint density at radius 3 is 2.76 bits per heavy atom. The van der Waals surface area contributed by atoms with Crippen molar-refractivity contribution in [2.24, 2.45) is 5.92 Å². The topological polar surface area (TPSA) is 32.3 Å². The number of rotatable bonds is 2. The molecule has 0 saturated carbocycles. The number of nitrogens with one attached hydrogen (secondary N) is 1. The van der Waals surface area contributed by atoms with Crippen LogP contribution in [0.1, 0.15) is 37.7 Å². The summed E-state index contributed by atoms with van der Waals surface area (Å²) in [6.07, 6.45) is 3.83. The molecule has 1 aromatic rings. The Morgan fingerprint density at radius 2 is 2.05 bits per heavy atom. The van der Waals surface area contributed by atoms with Crippen molar-refractivity contribution in [3.05, 3.63) is 34.9 Å². The predicted octanol–water partition coefficient (Wildman–Crippen LogP) is 2.79. The number of piperidine rings is 1. The summed E-state index contributed by atoms with van der Waals surface area (Å²) < 4.78 is 0. The second-order valence-corrected chi connectivity index (χ2v) is 7.21. The molecule has 1 amide bonds. The minimum atomic E-state index is 0.0967. The van der Waals surface area contributed by atoms with Gasteiger partial charge in [0.25, 0.3) is 0 Å². The summed E-state index contributed by atoms with van der Waals surface area (Å²) in [6, 6.07) is 9.99. The molecule has 4 heteroatoms. The summed E-state index contributed by atoms with van der Waals surface area (Å²) in [5, 5.41) is 4.00. The monoisotopic (exact) mass is 304 g/mol. The molecule has 21 heavy (non-hydrogen) atoms. The molecule has 4 rings (SSSR count). The van der Waals surface area contributed by atoms with E-state index in [1.54, 1.807) is 6.92 Å². The highest BCUT2D eigenvalue weighted by atomic mass is 35.5. The average Bonchev–Trinajstić information content (AvgIpc) is 2.85. The van der Waals surface area contributed by atoms with E-state index in [4.69, 9.17) is 11.6 Å². The lowest BCUT2D eigenvalue weighted by atomic mass is 9.76. The zero-order chi connectivity index (χ0) is 14.6. The first-order chi connectivity index (χ1) is 10.1. The number of carbonyl (C=O) groups excluding carboxylic acids is 1. The van der Waals surface area contributed by atoms with Gasteiger partial charge in [-0.2, -0.15) is 0 Å². The Bertz CT molecular complexity index is 558. The van der Waals surface area contributed by atoms with E-state index < -0.39 is 0 Å². The van der Waals surface area contributed by atoms with Crippen LogP contribution in [0.3, 0.4) is 0 Å². The second kappa shape index (κ2) is 4.99. The highest BCUT2D eigenvalue weighted by molar-refractivity contribution is 6.30. The number of carbonyl (C=O) groups is 1. The van der Waals surface area contributed by atoms with E-state index in [1.807, 2.05) is 12.1 Å². The minimum absolute atomic E-state index is 0.0967. The predicted molar refractivity (Wildman–Crippen MR) is 83.4 cm³/mol. The molecule has 3 heterocycles. The highest BCUT2D eigenvalue weighted by Gasteiger charge is 2.55. The first kappa shape index (κ1) is 13.6. The van der Waals surface area contributed by atoms with Crippen LogP contribution in [0, 0.1) is 5.92 Å². The molecule has 3 nitrogen and oxygen atoms in total. The third-order valence-corrected chi connectivity index (χ3v) is 5.94. The van der Waals surface area contributed by atoms with Crippen LogP contribution >= 0.6 is 11.6 Å². The van der Waals surface area contributed by atoms with E-state index in [0.29, 0.717) is 30.0 Å². The van der Waals surface area contributed by atoms with Gasteiger partial charge in [-0.15, -0.1) is 0 Å². The Balaban J connectivity index is 1.67. The summed E-state index contributed by atoms with van der Waals surface area (Å²) in [4.78, 5) is 14.2. The molecule has 3 saturated heterocycles. The number of hydrogen-bond donors (Lipinski definition) is 1. The quantitative estimate of drug-likeness (QED) is 0.911. The third-order valence-electron chi connectivity index (χ3n) is 5.68. The molecule has 0 radical (unpaired) electrons. The van der Waals surface area contributed by atoms with Crippen molar-refractivity contribution >= 4 is 17.5 Å². The smallest absolute Gasteiger partial charge is 0.217 e. The summed E-state index contributed by atoms with van der Waals surface area (Å²) in [5.74, 6) is 1.20. The molecule has 3 aliphatic heterocycles. The van der Waals surface area contributed by atoms with Crippen LogP contribution in [0.4, 0.5) is 0 Å². The largest absolute Gasteiger partial charge is 0.352 e. The molecule has 0 aliphatic carbocycles. The summed E-state index contributed by atoms with van der Waals surface area (Å²) in [5.41, 5.74) is 1.39. The van der Waals surface area contributed by atoms with Gasteiger partial charge in [0, 0.05) is 42.5 Å². The second-order valence-electron chi connectivity index (χ2n) is 6.77. The van der Waals surface area contributed by atoms with E-state index >= 15 is 0 Å². The van der Waals surface area contributed by atoms with E-state index in [0.717, 1.165) is 11.6 Å². The summed E-state index contributed by atoms with van der Waals surface area (Å²) in [6.45, 7) is 2.66. The first-order valence-electron chi connectivity index (χ1n) is 7.92. The fraction of sp³-hybridized carbons (Fsp3) is 0.588. The molecule has 1 aromatic carbocycles. The van der Waals surface area contributed by atoms with E-state index in [1.165, 1.54) is 24.8 Å². The van der Waals surface area contributed by atoms with Crippen molar-refractivity contribution in [1.29, 1.82) is 0 Å². The maximum Gasteiger partial charge on any atom is 0.217 e. The maximum atomic E-state index is 11.5. The van der Waals surface area contributed by atoms with Crippen LogP contribution in [-0.2, 0) is 4.79 Å². The van der Waals surface area contributed by atoms with E-state index in [2.05, 4.69) is 22.3 Å². The molecule has 6 atom stereocenters. The van der Waals surface area contributed by atoms with Crippen molar-refractivity contribution in [2.45, 2.75) is 50.2 Å². The highest BCUT2D eigenvalue weighted by Crippen LogP contribution is 2.52. The Hall–Kier alpha value is -1.06. The fourth-order valence-electron chi connectivity index (χ4n) is 5.00. The van der Waals surface area contributed by atoms with Crippen molar-refractivity contribution in [1.82, 2.24) is 10.2 Å². The van der Waals surface area contributed by atoms with Gasteiger partial charge in [0.2, 0.25) is 5.91 Å². The van der Waals surface area contributed by atoms with Gasteiger partial charge in [-0.3, -0.25) is 9.69 Å². The first-order valence-corrected chi connectivity index (χ1v) is 8.29. The average molecular weight is 305 g/mol. The van der Waals surface area contributed by atoms with Gasteiger partial charge in [-0.05, 0) is 42.9 Å². The molecule has 112 valence electrons. The van der Waals surface area contributed by atoms with Gasteiger partial charge < -0.3 is 5.32 Å². The fourth-order valence-corrected chi connectivity index (χ4v) is 5.13. The van der Waals surface area contributed by atoms with E-state index in [9.17, 15) is 4.79 Å². The lowest BCUT2D eigenvalue weighted by molar-refractivity contribution is -0.119. The van der Waals surface area contributed by atoms with Crippen molar-refractivity contribution in [3.63, 3.8) is 0 Å². The van der Waals surface area contributed by atoms with Crippen LogP contribution in [0.2, 0.25) is 5.02 Å². The van der Waals surface area contributed by atoms with Crippen LogP contribution < -0.4 is 5.32 Å². The van der Waals surface area contributed by atoms with E-state index in [-0.39, 0.29) is 5.91 Å². The Kier molecular flexibility index (Phi) is 3.23. The molecular weight excluding hydrogens is 284 g/mol. The van der Waals surface area contributed by atoms with Gasteiger partial charge in [-0.25, -0.2) is 0 Å². The lowest BCUT2D eigenvalue weighted by Gasteiger charge is -2.38. The Labute approximate surface area is 130 Å². The molecule has 3 fully saturated rings. The number of nitrogens with zero attached hydrogens (tertiary/aromatic N) is 1. The SMILES string of the molecule is CC(=O)NC1CN2C3CC[C@@H]2[C@H]1[C@@H](c1ccc(Cl)cc1)C3. The molecule has 3 unspecified atom stereocenters. The molecule has 1 N–H and O–H groups in total. The molecule has 0 aromatic heterocycles. The third kappa shape index (κ3) is 2.18. The zero-order valence-corrected chi connectivity index (χ0v) is 13.0. The lowest BCUT2D eigenvalue weighted by Crippen LogP contribution is -2.43. The van der Waals surface area contributed by atoms with Crippen LogP contribution in [0.5, 0.6) is 0 Å². The summed E-state index contributed by atoms with van der Waals surface area (Å²) in [7, 11) is 0. The van der Waals surface area contributed by atoms with Crippen molar-refractivity contribution < 1.29 is 4.79 Å². The Morgan fingerprint density at radius 1 is 1.29 bits per heavy atom. The van der Waals surface area contributed by atoms with Gasteiger partial charge in [-0.1, -0.05) is 23.7 Å². The standard InChI is InChI=1S/C17H21ClN2O/c1-10(21)19-15-9-20-13-6-7-16(20)17(15)14(8-13)11-2-4-12(18)5-3-11/h2-5,13-17H,6-9H2,1H3,(H,19,21)/t13?,14-,15?,16-,17+/m1/s1. The van der Waals surface area contributed by atoms with Gasteiger partial charge in [0.1, 0.15) is 0 Å². The number of halogens is 1. The number of benzene rings is 1. The van der Waals surface area contributed by atoms with Gasteiger partial charge in [0.15, 0.2) is 0 Å². The molecular formula is C17H21ClN2O. The number of amides is 1. The maximum absolute atomic E-state index is 11.5. The van der Waals surface area contributed by atoms with Crippen molar-refractivity contribution in [2.75, 3.05) is 6.54 Å². The normalized spacial score (nSPS) is 40.3. The van der Waals surface area contributed by atoms with Crippen LogP contribution in [0.15, 0.2) is 24.3 Å². The minimum Gasteiger partial charge on any atom is -0.352 e. The van der Waals surface area contributed by atoms with Crippen LogP contribution in [-0.4, -0.2) is 35.5 Å². The molecule has 4 bridgehead atoms. The van der Waals surface area contributed by atoms with Gasteiger partial charge in [0.05, 0.1) is 0 Å².